The van der Waals surface area contributed by atoms with Gasteiger partial charge in [-0.1, -0.05) is 31.5 Å². The molecule has 8 heteroatoms. The van der Waals surface area contributed by atoms with Crippen LogP contribution in [-0.4, -0.2) is 27.8 Å². The van der Waals surface area contributed by atoms with E-state index < -0.39 is 23.8 Å². The molecule has 5 nitrogen and oxygen atoms in total. The highest BCUT2D eigenvalue weighted by Crippen LogP contribution is 2.34. The largest absolute Gasteiger partial charge is 0.416 e. The first-order valence-corrected chi connectivity index (χ1v) is 7.49. The van der Waals surface area contributed by atoms with Gasteiger partial charge in [0.25, 0.3) is 5.91 Å². The highest BCUT2D eigenvalue weighted by molar-refractivity contribution is 5.92. The van der Waals surface area contributed by atoms with Crippen LogP contribution in [0.3, 0.4) is 0 Å². The summed E-state index contributed by atoms with van der Waals surface area (Å²) in [4.78, 5) is 12.0. The predicted octanol–water partition coefficient (Wildman–Crippen LogP) is 2.84. The molecule has 0 aliphatic heterocycles. The Morgan fingerprint density at radius 3 is 2.75 bits per heavy atom. The molecule has 0 unspecified atom stereocenters. The predicted molar refractivity (Wildman–Crippen MR) is 81.3 cm³/mol. The normalized spacial score (nSPS) is 12.9. The van der Waals surface area contributed by atoms with E-state index in [1.807, 2.05) is 6.92 Å². The second-order valence-electron chi connectivity index (χ2n) is 5.34. The van der Waals surface area contributed by atoms with Crippen LogP contribution in [0.15, 0.2) is 30.3 Å². The summed E-state index contributed by atoms with van der Waals surface area (Å²) in [6.07, 6.45) is -4.42. The molecule has 0 aliphatic carbocycles. The number of hydrogen-bond donors (Lipinski definition) is 3. The Morgan fingerprint density at radius 2 is 2.08 bits per heavy atom. The SMILES string of the molecule is CCCc1cc(C(=O)NC[C@H](O)c2ccccc2C(F)(F)F)n[nH]1. The zero-order valence-electron chi connectivity index (χ0n) is 13.0. The average Bonchev–Trinajstić information content (AvgIpc) is 3.00. The van der Waals surface area contributed by atoms with Gasteiger partial charge in [0, 0.05) is 12.2 Å². The highest BCUT2D eigenvalue weighted by Gasteiger charge is 2.34. The van der Waals surface area contributed by atoms with Crippen molar-refractivity contribution in [2.24, 2.45) is 0 Å². The van der Waals surface area contributed by atoms with Crippen LogP contribution in [0.5, 0.6) is 0 Å². The Kier molecular flexibility index (Phi) is 5.61. The van der Waals surface area contributed by atoms with Crippen molar-refractivity contribution in [3.63, 3.8) is 0 Å². The van der Waals surface area contributed by atoms with Gasteiger partial charge in [-0.3, -0.25) is 9.89 Å². The fraction of sp³-hybridized carbons (Fsp3) is 0.375. The number of alkyl halides is 3. The van der Waals surface area contributed by atoms with E-state index in [4.69, 9.17) is 0 Å². The summed E-state index contributed by atoms with van der Waals surface area (Å²) >= 11 is 0. The number of rotatable bonds is 6. The van der Waals surface area contributed by atoms with E-state index in [0.29, 0.717) is 0 Å². The molecule has 130 valence electrons. The minimum absolute atomic E-state index is 0.134. The summed E-state index contributed by atoms with van der Waals surface area (Å²) in [6.45, 7) is 1.64. The monoisotopic (exact) mass is 341 g/mol. The molecule has 0 fully saturated rings. The molecule has 0 saturated heterocycles. The van der Waals surface area contributed by atoms with E-state index in [9.17, 15) is 23.1 Å². The molecule has 1 atom stereocenters. The molecule has 2 aromatic rings. The zero-order chi connectivity index (χ0) is 17.7. The topological polar surface area (TPSA) is 78.0 Å². The molecule has 2 rings (SSSR count). The van der Waals surface area contributed by atoms with Gasteiger partial charge in [0.05, 0.1) is 11.7 Å². The Bertz CT molecular complexity index is 698. The number of aromatic nitrogens is 2. The number of hydrogen-bond acceptors (Lipinski definition) is 3. The van der Waals surface area contributed by atoms with Crippen molar-refractivity contribution in [2.45, 2.75) is 32.0 Å². The van der Waals surface area contributed by atoms with Gasteiger partial charge in [-0.2, -0.15) is 18.3 Å². The standard InChI is InChI=1S/C16H18F3N3O2/c1-2-5-10-8-13(22-21-10)15(24)20-9-14(23)11-6-3-4-7-12(11)16(17,18)19/h3-4,6-8,14,23H,2,5,9H2,1H3,(H,20,24)(H,21,22)/t14-/m0/s1. The molecule has 1 amide bonds. The number of H-pyrrole nitrogens is 1. The van der Waals surface area contributed by atoms with E-state index in [0.717, 1.165) is 24.6 Å². The van der Waals surface area contributed by atoms with E-state index >= 15 is 0 Å². The molecule has 0 saturated carbocycles. The minimum Gasteiger partial charge on any atom is -0.387 e. The highest BCUT2D eigenvalue weighted by atomic mass is 19.4. The lowest BCUT2D eigenvalue weighted by molar-refractivity contribution is -0.139. The molecule has 0 aliphatic rings. The quantitative estimate of drug-likeness (QED) is 0.756. The van der Waals surface area contributed by atoms with Crippen LogP contribution in [0.1, 0.15) is 46.8 Å². The fourth-order valence-corrected chi connectivity index (χ4v) is 2.31. The Labute approximate surface area is 136 Å². The molecular formula is C16H18F3N3O2. The Balaban J connectivity index is 2.02. The number of amides is 1. The lowest BCUT2D eigenvalue weighted by Gasteiger charge is -2.17. The average molecular weight is 341 g/mol. The van der Waals surface area contributed by atoms with Gasteiger partial charge >= 0.3 is 6.18 Å². The van der Waals surface area contributed by atoms with E-state index in [1.165, 1.54) is 18.2 Å². The number of aryl methyl sites for hydroxylation is 1. The van der Waals surface area contributed by atoms with Crippen molar-refractivity contribution in [3.05, 3.63) is 52.8 Å². The zero-order valence-corrected chi connectivity index (χ0v) is 13.0. The first-order valence-electron chi connectivity index (χ1n) is 7.49. The summed E-state index contributed by atoms with van der Waals surface area (Å²) < 4.78 is 38.8. The van der Waals surface area contributed by atoms with Crippen LogP contribution >= 0.6 is 0 Å². The maximum absolute atomic E-state index is 12.9. The maximum Gasteiger partial charge on any atom is 0.416 e. The van der Waals surface area contributed by atoms with Gasteiger partial charge < -0.3 is 10.4 Å². The summed E-state index contributed by atoms with van der Waals surface area (Å²) in [5.74, 6) is -0.558. The number of carbonyl (C=O) groups is 1. The van der Waals surface area contributed by atoms with Crippen LogP contribution < -0.4 is 5.32 Å². The summed E-state index contributed by atoms with van der Waals surface area (Å²) in [6, 6.07) is 6.31. The first kappa shape index (κ1) is 18.0. The second kappa shape index (κ2) is 7.48. The Hall–Kier alpha value is -2.35. The molecule has 0 bridgehead atoms. The smallest absolute Gasteiger partial charge is 0.387 e. The number of nitrogens with zero attached hydrogens (tertiary/aromatic N) is 1. The summed E-state index contributed by atoms with van der Waals surface area (Å²) in [5, 5.41) is 19.0. The number of aromatic amines is 1. The van der Waals surface area contributed by atoms with Crippen molar-refractivity contribution in [2.75, 3.05) is 6.54 Å². The van der Waals surface area contributed by atoms with Crippen LogP contribution in [0, 0.1) is 0 Å². The third-order valence-electron chi connectivity index (χ3n) is 3.46. The van der Waals surface area contributed by atoms with E-state index in [1.54, 1.807) is 6.07 Å². The van der Waals surface area contributed by atoms with Crippen LogP contribution in [-0.2, 0) is 12.6 Å². The second-order valence-corrected chi connectivity index (χ2v) is 5.34. The third kappa shape index (κ3) is 4.35. The van der Waals surface area contributed by atoms with Crippen LogP contribution in [0.25, 0.3) is 0 Å². The molecule has 0 radical (unpaired) electrons. The van der Waals surface area contributed by atoms with Gasteiger partial charge in [-0.05, 0) is 24.1 Å². The number of carbonyl (C=O) groups excluding carboxylic acids is 1. The van der Waals surface area contributed by atoms with Crippen molar-refractivity contribution in [3.8, 4) is 0 Å². The number of benzene rings is 1. The molecule has 1 heterocycles. The molecule has 24 heavy (non-hydrogen) atoms. The van der Waals surface area contributed by atoms with E-state index in [2.05, 4.69) is 15.5 Å². The third-order valence-corrected chi connectivity index (χ3v) is 3.46. The number of halogens is 3. The molecule has 3 N–H and O–H groups in total. The fourth-order valence-electron chi connectivity index (χ4n) is 2.31. The number of nitrogens with one attached hydrogen (secondary N) is 2. The summed E-state index contributed by atoms with van der Waals surface area (Å²) in [7, 11) is 0. The van der Waals surface area contributed by atoms with Gasteiger partial charge in [-0.25, -0.2) is 0 Å². The Morgan fingerprint density at radius 1 is 1.38 bits per heavy atom. The molecular weight excluding hydrogens is 323 g/mol. The van der Waals surface area contributed by atoms with Crippen molar-refractivity contribution >= 4 is 5.91 Å². The number of aliphatic hydroxyl groups excluding tert-OH is 1. The maximum atomic E-state index is 12.9. The van der Waals surface area contributed by atoms with Crippen molar-refractivity contribution in [1.82, 2.24) is 15.5 Å². The number of aliphatic hydroxyl groups is 1. The van der Waals surface area contributed by atoms with Gasteiger partial charge in [0.2, 0.25) is 0 Å². The van der Waals surface area contributed by atoms with Gasteiger partial charge in [-0.15, -0.1) is 0 Å². The lowest BCUT2D eigenvalue weighted by Crippen LogP contribution is -2.29. The molecule has 1 aromatic heterocycles. The van der Waals surface area contributed by atoms with Crippen LogP contribution in [0.4, 0.5) is 13.2 Å². The van der Waals surface area contributed by atoms with Crippen LogP contribution in [0.2, 0.25) is 0 Å². The van der Waals surface area contributed by atoms with Gasteiger partial charge in [0.1, 0.15) is 5.69 Å². The minimum atomic E-state index is -4.57. The molecule has 0 spiro atoms. The molecule has 1 aromatic carbocycles. The van der Waals surface area contributed by atoms with Gasteiger partial charge in [0.15, 0.2) is 0 Å². The summed E-state index contributed by atoms with van der Waals surface area (Å²) in [5.41, 5.74) is -0.267. The first-order chi connectivity index (χ1) is 11.3. The van der Waals surface area contributed by atoms with Crippen molar-refractivity contribution in [1.29, 1.82) is 0 Å². The van der Waals surface area contributed by atoms with Crippen molar-refractivity contribution < 1.29 is 23.1 Å². The lowest BCUT2D eigenvalue weighted by atomic mass is 10.0. The van der Waals surface area contributed by atoms with E-state index in [-0.39, 0.29) is 17.8 Å².